The molecule has 2 saturated heterocycles. The molecule has 4 heterocycles. The van der Waals surface area contributed by atoms with Gasteiger partial charge in [-0.25, -0.2) is 18.2 Å². The molecule has 2 aliphatic heterocycles. The second-order valence-corrected chi connectivity index (χ2v) is 11.0. The summed E-state index contributed by atoms with van der Waals surface area (Å²) in [6, 6.07) is 3.91. The lowest BCUT2D eigenvalue weighted by atomic mass is 10.1. The van der Waals surface area contributed by atoms with Gasteiger partial charge in [-0.05, 0) is 31.2 Å². The van der Waals surface area contributed by atoms with Crippen molar-refractivity contribution in [3.63, 3.8) is 0 Å². The van der Waals surface area contributed by atoms with Gasteiger partial charge in [-0.15, -0.1) is 11.3 Å². The number of pyridine rings is 1. The first-order chi connectivity index (χ1) is 20.5. The first kappa shape index (κ1) is 30.1. The largest absolute Gasteiger partial charge is 0.384 e. The van der Waals surface area contributed by atoms with Crippen LogP contribution < -0.4 is 16.4 Å². The molecule has 3 amide bonds. The molecule has 11 nitrogen and oxygen atoms in total. The first-order valence-corrected chi connectivity index (χ1v) is 14.0. The molecule has 43 heavy (non-hydrogen) atoms. The summed E-state index contributed by atoms with van der Waals surface area (Å²) in [6.45, 7) is 1.68. The number of amidine groups is 1. The van der Waals surface area contributed by atoms with Gasteiger partial charge in [0.25, 0.3) is 5.91 Å². The predicted molar refractivity (Wildman–Crippen MR) is 149 cm³/mol. The number of nitrogen functional groups attached to an aromatic ring is 1. The molecule has 0 saturated carbocycles. The minimum atomic E-state index is -1.17. The molecule has 5 N–H and O–H groups in total. The van der Waals surface area contributed by atoms with Crippen LogP contribution in [-0.2, 0) is 19.1 Å². The third-order valence-corrected chi connectivity index (χ3v) is 8.26. The Labute approximate surface area is 247 Å². The average Bonchev–Trinajstić information content (AvgIpc) is 3.72. The molecule has 0 aliphatic carbocycles. The van der Waals surface area contributed by atoms with Gasteiger partial charge in [0.2, 0.25) is 11.8 Å². The van der Waals surface area contributed by atoms with Gasteiger partial charge in [0, 0.05) is 45.6 Å². The minimum Gasteiger partial charge on any atom is -0.384 e. The maximum Gasteiger partial charge on any atom is 0.273 e. The number of amides is 3. The highest BCUT2D eigenvalue weighted by atomic mass is 32.1. The van der Waals surface area contributed by atoms with Crippen LogP contribution in [0.5, 0.6) is 0 Å². The summed E-state index contributed by atoms with van der Waals surface area (Å²) in [5, 5.41) is 14.5. The van der Waals surface area contributed by atoms with E-state index < -0.39 is 65.3 Å². The Morgan fingerprint density at radius 3 is 2.58 bits per heavy atom. The maximum atomic E-state index is 14.8. The third-order valence-electron chi connectivity index (χ3n) is 7.14. The van der Waals surface area contributed by atoms with Crippen LogP contribution in [0.3, 0.4) is 0 Å². The van der Waals surface area contributed by atoms with Crippen LogP contribution in [0.2, 0.25) is 0 Å². The Balaban J connectivity index is 1.25. The van der Waals surface area contributed by atoms with Gasteiger partial charge in [-0.2, -0.15) is 0 Å². The summed E-state index contributed by atoms with van der Waals surface area (Å²) in [4.78, 5) is 45.1. The summed E-state index contributed by atoms with van der Waals surface area (Å²) in [6.07, 6.45) is 1.12. The SMILES string of the molecule is CC(NC(=O)[C@@H]1CC2(CN1C(=O)CNC(=O)c1ncc(-c3ccc(F)cc3F)cc1F)OCCO2)c1cc(C(=N)N)cs1. The van der Waals surface area contributed by atoms with E-state index in [1.54, 1.807) is 18.4 Å². The molecule has 3 aromatic rings. The van der Waals surface area contributed by atoms with Crippen molar-refractivity contribution in [1.29, 1.82) is 5.41 Å². The zero-order chi connectivity index (χ0) is 30.9. The third kappa shape index (κ3) is 6.38. The monoisotopic (exact) mass is 616 g/mol. The second kappa shape index (κ2) is 12.1. The average molecular weight is 617 g/mol. The van der Waals surface area contributed by atoms with Crippen LogP contribution in [-0.4, -0.2) is 71.6 Å². The van der Waals surface area contributed by atoms with Gasteiger partial charge in [-0.1, -0.05) is 0 Å². The van der Waals surface area contributed by atoms with Crippen LogP contribution in [0.15, 0.2) is 41.9 Å². The number of carbonyl (C=O) groups is 3. The van der Waals surface area contributed by atoms with Crippen molar-refractivity contribution in [1.82, 2.24) is 20.5 Å². The summed E-state index contributed by atoms with van der Waals surface area (Å²) in [5.41, 5.74) is 5.31. The maximum absolute atomic E-state index is 14.8. The van der Waals surface area contributed by atoms with Crippen LogP contribution in [0.25, 0.3) is 11.1 Å². The van der Waals surface area contributed by atoms with Crippen LogP contribution in [0, 0.1) is 22.9 Å². The van der Waals surface area contributed by atoms with Crippen molar-refractivity contribution < 1.29 is 37.0 Å². The number of aromatic nitrogens is 1. The standard InChI is InChI=1S/C28H27F3N6O5S/c1-14(22-7-16(12-43-22)25(32)33)36-26(39)21-9-28(41-4-5-42-28)13-37(21)23(38)11-35-27(40)24-20(31)6-15(10-34-24)18-3-2-17(29)8-19(18)30/h2-3,6-8,10,12,14,21H,4-5,9,11,13H2,1H3,(H3,32,33)(H,35,40)(H,36,39)/t14?,21-/m0/s1. The van der Waals surface area contributed by atoms with Crippen LogP contribution in [0.4, 0.5) is 13.2 Å². The van der Waals surface area contributed by atoms with E-state index in [0.717, 1.165) is 29.3 Å². The number of thiophene rings is 1. The molecule has 0 radical (unpaired) electrons. The molecule has 5 rings (SSSR count). The summed E-state index contributed by atoms with van der Waals surface area (Å²) >= 11 is 1.32. The Morgan fingerprint density at radius 2 is 1.93 bits per heavy atom. The van der Waals surface area contributed by atoms with Crippen molar-refractivity contribution in [3.05, 3.63) is 75.5 Å². The molecule has 1 aromatic carbocycles. The number of carbonyl (C=O) groups excluding carboxylic acids is 3. The molecular formula is C28H27F3N6O5S. The van der Waals surface area contributed by atoms with E-state index >= 15 is 0 Å². The molecule has 0 bridgehead atoms. The molecule has 2 atom stereocenters. The summed E-state index contributed by atoms with van der Waals surface area (Å²) < 4.78 is 53.6. The van der Waals surface area contributed by atoms with E-state index in [0.29, 0.717) is 11.6 Å². The van der Waals surface area contributed by atoms with E-state index in [1.165, 1.54) is 16.2 Å². The molecule has 1 spiro atoms. The van der Waals surface area contributed by atoms with Crippen molar-refractivity contribution in [3.8, 4) is 11.1 Å². The van der Waals surface area contributed by atoms with E-state index in [1.807, 2.05) is 0 Å². The molecular weight excluding hydrogens is 589 g/mol. The number of halogens is 3. The van der Waals surface area contributed by atoms with Gasteiger partial charge in [0.1, 0.15) is 23.5 Å². The number of hydrogen-bond acceptors (Lipinski definition) is 8. The lowest BCUT2D eigenvalue weighted by molar-refractivity contribution is -0.152. The quantitative estimate of drug-likeness (QED) is 0.224. The normalized spacial score (nSPS) is 18.0. The van der Waals surface area contributed by atoms with Crippen molar-refractivity contribution >= 4 is 34.9 Å². The van der Waals surface area contributed by atoms with Crippen LogP contribution in [0.1, 0.15) is 40.3 Å². The zero-order valence-electron chi connectivity index (χ0n) is 22.8. The molecule has 15 heteroatoms. The number of hydrogen-bond donors (Lipinski definition) is 4. The number of rotatable bonds is 8. The predicted octanol–water partition coefficient (Wildman–Crippen LogP) is 2.46. The van der Waals surface area contributed by atoms with E-state index in [9.17, 15) is 27.6 Å². The van der Waals surface area contributed by atoms with Gasteiger partial charge in [0.15, 0.2) is 17.3 Å². The van der Waals surface area contributed by atoms with Crippen molar-refractivity contribution in [2.75, 3.05) is 26.3 Å². The summed E-state index contributed by atoms with van der Waals surface area (Å²) in [7, 11) is 0. The number of benzene rings is 1. The number of likely N-dealkylation sites (tertiary alicyclic amines) is 1. The molecule has 2 aliphatic rings. The smallest absolute Gasteiger partial charge is 0.273 e. The fourth-order valence-electron chi connectivity index (χ4n) is 4.96. The molecule has 2 fully saturated rings. The first-order valence-electron chi connectivity index (χ1n) is 13.2. The Kier molecular flexibility index (Phi) is 8.48. The second-order valence-electron chi connectivity index (χ2n) is 10.1. The van der Waals surface area contributed by atoms with Gasteiger partial charge in [-0.3, -0.25) is 19.8 Å². The fraction of sp³-hybridized carbons (Fsp3) is 0.321. The van der Waals surface area contributed by atoms with Crippen LogP contribution >= 0.6 is 11.3 Å². The summed E-state index contributed by atoms with van der Waals surface area (Å²) in [5.74, 6) is -6.19. The highest BCUT2D eigenvalue weighted by Crippen LogP contribution is 2.35. The van der Waals surface area contributed by atoms with Gasteiger partial charge >= 0.3 is 0 Å². The van der Waals surface area contributed by atoms with Gasteiger partial charge in [0.05, 0.1) is 32.3 Å². The Hall–Kier alpha value is -4.34. The van der Waals surface area contributed by atoms with Crippen molar-refractivity contribution in [2.45, 2.75) is 31.2 Å². The number of nitrogens with zero attached hydrogens (tertiary/aromatic N) is 2. The lowest BCUT2D eigenvalue weighted by Gasteiger charge is -2.25. The lowest BCUT2D eigenvalue weighted by Crippen LogP contribution is -2.49. The number of ether oxygens (including phenoxy) is 2. The Morgan fingerprint density at radius 1 is 1.19 bits per heavy atom. The van der Waals surface area contributed by atoms with E-state index in [-0.39, 0.29) is 43.1 Å². The number of nitrogens with one attached hydrogen (secondary N) is 3. The molecule has 226 valence electrons. The highest BCUT2D eigenvalue weighted by molar-refractivity contribution is 7.10. The topological polar surface area (TPSA) is 160 Å². The van der Waals surface area contributed by atoms with E-state index in [2.05, 4.69) is 15.6 Å². The highest BCUT2D eigenvalue weighted by Gasteiger charge is 2.52. The Bertz CT molecular complexity index is 1590. The van der Waals surface area contributed by atoms with Crippen molar-refractivity contribution in [2.24, 2.45) is 5.73 Å². The zero-order valence-corrected chi connectivity index (χ0v) is 23.6. The minimum absolute atomic E-state index is 0.00953. The van der Waals surface area contributed by atoms with E-state index in [4.69, 9.17) is 20.6 Å². The fourth-order valence-corrected chi connectivity index (χ4v) is 5.88. The molecule has 1 unspecified atom stereocenters. The molecule has 2 aromatic heterocycles. The van der Waals surface area contributed by atoms with Gasteiger partial charge < -0.3 is 30.7 Å². The number of nitrogens with two attached hydrogens (primary N) is 1.